The summed E-state index contributed by atoms with van der Waals surface area (Å²) in [5.41, 5.74) is 0.866. The smallest absolute Gasteiger partial charge is 0.412 e. The molecule has 10 nitrogen and oxygen atoms in total. The van der Waals surface area contributed by atoms with E-state index in [-0.39, 0.29) is 49.2 Å². The molecule has 0 aromatic heterocycles. The van der Waals surface area contributed by atoms with Gasteiger partial charge in [-0.25, -0.2) is 9.59 Å². The van der Waals surface area contributed by atoms with Gasteiger partial charge in [0.15, 0.2) is 5.78 Å². The summed E-state index contributed by atoms with van der Waals surface area (Å²) >= 11 is 0. The van der Waals surface area contributed by atoms with E-state index in [4.69, 9.17) is 19.6 Å². The van der Waals surface area contributed by atoms with E-state index in [1.165, 1.54) is 0 Å². The number of Topliss-reactive ketones (excluding diaryl/α,β-unsaturated/α-hetero) is 1. The van der Waals surface area contributed by atoms with E-state index in [1.54, 1.807) is 43.0 Å². The summed E-state index contributed by atoms with van der Waals surface area (Å²) in [6.07, 6.45) is 0.514. The van der Waals surface area contributed by atoms with Crippen LogP contribution in [-0.4, -0.2) is 73.5 Å². The number of hydrogen-bond acceptors (Lipinski definition) is 8. The second-order valence-electron chi connectivity index (χ2n) is 9.24. The number of nitrogens with one attached hydrogen (secondary N) is 2. The van der Waals surface area contributed by atoms with Gasteiger partial charge in [-0.15, -0.1) is 0 Å². The molecule has 1 aromatic rings. The molecule has 1 aliphatic heterocycles. The second kappa shape index (κ2) is 14.3. The molecular weight excluding hydrogens is 466 g/mol. The summed E-state index contributed by atoms with van der Waals surface area (Å²) in [6, 6.07) is 6.31. The second-order valence-corrected chi connectivity index (χ2v) is 9.24. The maximum Gasteiger partial charge on any atom is 0.412 e. The molecule has 1 fully saturated rings. The number of benzene rings is 1. The molecule has 1 aromatic carbocycles. The lowest BCUT2D eigenvalue weighted by atomic mass is 9.96. The van der Waals surface area contributed by atoms with Gasteiger partial charge in [0.1, 0.15) is 12.4 Å². The first-order chi connectivity index (χ1) is 17.1. The monoisotopic (exact) mass is 503 g/mol. The number of likely N-dealkylation sites (tertiary alicyclic amines) is 1. The highest BCUT2D eigenvalue weighted by atomic mass is 16.6. The Morgan fingerprint density at radius 1 is 1.03 bits per heavy atom. The summed E-state index contributed by atoms with van der Waals surface area (Å²) in [5, 5.41) is 10.4. The third-order valence-corrected chi connectivity index (χ3v) is 5.68. The van der Waals surface area contributed by atoms with Crippen molar-refractivity contribution in [2.75, 3.05) is 32.9 Å². The van der Waals surface area contributed by atoms with Gasteiger partial charge in [0.2, 0.25) is 5.91 Å². The highest BCUT2D eigenvalue weighted by Gasteiger charge is 2.28. The van der Waals surface area contributed by atoms with Gasteiger partial charge in [0, 0.05) is 36.6 Å². The number of ketones is 1. The number of nitrogens with zero attached hydrogens (tertiary/aromatic N) is 1. The Balaban J connectivity index is 1.79. The van der Waals surface area contributed by atoms with Crippen molar-refractivity contribution in [3.63, 3.8) is 0 Å². The zero-order chi connectivity index (χ0) is 26.7. The molecule has 0 bridgehead atoms. The number of carbonyl (C=O) groups excluding carboxylic acids is 4. The number of ether oxygens (including phenoxy) is 3. The standard InChI is InChI=1S/C26H37N3O7/c1-5-34-23(31)16-35-21-10-12-29(13-11-21)25(32)18(4)14-22(30)19-6-8-20(9-7-19)24(27)28-26(33)36-15-17(2)3/h6-9,17-18,21H,5,10-16H2,1-4H3,(H2,27,28,33)/t18-/m1/s1. The largest absolute Gasteiger partial charge is 0.464 e. The first-order valence-corrected chi connectivity index (χ1v) is 12.3. The van der Waals surface area contributed by atoms with Crippen molar-refractivity contribution in [2.45, 2.75) is 53.1 Å². The number of amidine groups is 1. The van der Waals surface area contributed by atoms with Crippen LogP contribution in [0.15, 0.2) is 24.3 Å². The third-order valence-electron chi connectivity index (χ3n) is 5.68. The van der Waals surface area contributed by atoms with E-state index in [0.29, 0.717) is 43.7 Å². The van der Waals surface area contributed by atoms with Crippen molar-refractivity contribution >= 4 is 29.6 Å². The Morgan fingerprint density at radius 3 is 2.22 bits per heavy atom. The van der Waals surface area contributed by atoms with Crippen molar-refractivity contribution < 1.29 is 33.4 Å². The van der Waals surface area contributed by atoms with Gasteiger partial charge < -0.3 is 19.1 Å². The number of piperidine rings is 1. The maximum absolute atomic E-state index is 12.8. The van der Waals surface area contributed by atoms with Crippen molar-refractivity contribution in [1.29, 1.82) is 5.41 Å². The predicted molar refractivity (Wildman–Crippen MR) is 133 cm³/mol. The molecule has 0 saturated carbocycles. The summed E-state index contributed by atoms with van der Waals surface area (Å²) < 4.78 is 15.4. The van der Waals surface area contributed by atoms with E-state index in [0.717, 1.165) is 0 Å². The summed E-state index contributed by atoms with van der Waals surface area (Å²) in [4.78, 5) is 50.5. The zero-order valence-corrected chi connectivity index (χ0v) is 21.5. The van der Waals surface area contributed by atoms with Gasteiger partial charge in [0.25, 0.3) is 0 Å². The highest BCUT2D eigenvalue weighted by Crippen LogP contribution is 2.19. The Kier molecular flexibility index (Phi) is 11.5. The van der Waals surface area contributed by atoms with Gasteiger partial charge in [-0.2, -0.15) is 0 Å². The van der Waals surface area contributed by atoms with Gasteiger partial charge in [-0.1, -0.05) is 45.0 Å². The Labute approximate surface area is 212 Å². The average Bonchev–Trinajstić information content (AvgIpc) is 2.86. The predicted octanol–water partition coefficient (Wildman–Crippen LogP) is 3.17. The number of esters is 1. The quantitative estimate of drug-likeness (QED) is 0.205. The molecular formula is C26H37N3O7. The lowest BCUT2D eigenvalue weighted by Gasteiger charge is -2.33. The van der Waals surface area contributed by atoms with Gasteiger partial charge in [-0.3, -0.25) is 20.3 Å². The number of alkyl carbamates (subject to hydrolysis) is 1. The topological polar surface area (TPSA) is 135 Å². The Morgan fingerprint density at radius 2 is 1.64 bits per heavy atom. The van der Waals surface area contributed by atoms with Gasteiger partial charge in [-0.05, 0) is 25.7 Å². The third kappa shape index (κ3) is 9.41. The first-order valence-electron chi connectivity index (χ1n) is 12.3. The fraction of sp³-hybridized carbons (Fsp3) is 0.577. The van der Waals surface area contributed by atoms with E-state index in [1.807, 2.05) is 13.8 Å². The SMILES string of the molecule is CCOC(=O)COC1CCN(C(=O)[C@H](C)CC(=O)c2ccc(C(=N)NC(=O)OCC(C)C)cc2)CC1. The van der Waals surface area contributed by atoms with Crippen LogP contribution in [0.4, 0.5) is 4.79 Å². The van der Waals surface area contributed by atoms with Crippen LogP contribution < -0.4 is 5.32 Å². The number of rotatable bonds is 11. The molecule has 1 aliphatic rings. The lowest BCUT2D eigenvalue weighted by Crippen LogP contribution is -2.43. The van der Waals surface area contributed by atoms with Crippen LogP contribution in [0.3, 0.4) is 0 Å². The molecule has 198 valence electrons. The fourth-order valence-electron chi connectivity index (χ4n) is 3.70. The van der Waals surface area contributed by atoms with Crippen molar-refractivity contribution in [1.82, 2.24) is 10.2 Å². The molecule has 2 amide bonds. The molecule has 36 heavy (non-hydrogen) atoms. The van der Waals surface area contributed by atoms with Crippen LogP contribution in [0.2, 0.25) is 0 Å². The Bertz CT molecular complexity index is 922. The summed E-state index contributed by atoms with van der Waals surface area (Å²) in [7, 11) is 0. The minimum atomic E-state index is -0.698. The number of amides is 2. The summed E-state index contributed by atoms with van der Waals surface area (Å²) in [5.74, 6) is -1.08. The van der Waals surface area contributed by atoms with Crippen LogP contribution in [-0.2, 0) is 23.8 Å². The van der Waals surface area contributed by atoms with Crippen molar-refractivity contribution in [3.05, 3.63) is 35.4 Å². The first kappa shape index (κ1) is 29.0. The maximum atomic E-state index is 12.8. The van der Waals surface area contributed by atoms with Crippen LogP contribution in [0.25, 0.3) is 0 Å². The lowest BCUT2D eigenvalue weighted by molar-refractivity contribution is -0.152. The average molecular weight is 504 g/mol. The minimum absolute atomic E-state index is 0.0642. The minimum Gasteiger partial charge on any atom is -0.464 e. The molecule has 2 N–H and O–H groups in total. The van der Waals surface area contributed by atoms with Crippen LogP contribution >= 0.6 is 0 Å². The molecule has 0 aliphatic carbocycles. The highest BCUT2D eigenvalue weighted by molar-refractivity contribution is 6.05. The summed E-state index contributed by atoms with van der Waals surface area (Å²) in [6.45, 7) is 8.79. The van der Waals surface area contributed by atoms with E-state index >= 15 is 0 Å². The molecule has 0 radical (unpaired) electrons. The number of carbonyl (C=O) groups is 4. The molecule has 1 saturated heterocycles. The molecule has 0 spiro atoms. The van der Waals surface area contributed by atoms with Crippen molar-refractivity contribution in [3.8, 4) is 0 Å². The molecule has 1 heterocycles. The normalized spacial score (nSPS) is 14.8. The molecule has 2 rings (SSSR count). The fourth-order valence-corrected chi connectivity index (χ4v) is 3.70. The van der Waals surface area contributed by atoms with E-state index in [2.05, 4.69) is 5.32 Å². The van der Waals surface area contributed by atoms with E-state index in [9.17, 15) is 19.2 Å². The zero-order valence-electron chi connectivity index (χ0n) is 21.5. The van der Waals surface area contributed by atoms with Gasteiger partial charge in [0.05, 0.1) is 19.3 Å². The van der Waals surface area contributed by atoms with E-state index < -0.39 is 18.0 Å². The molecule has 0 unspecified atom stereocenters. The van der Waals surface area contributed by atoms with Crippen LogP contribution in [0.1, 0.15) is 62.9 Å². The van der Waals surface area contributed by atoms with Crippen LogP contribution in [0.5, 0.6) is 0 Å². The van der Waals surface area contributed by atoms with Crippen molar-refractivity contribution in [2.24, 2.45) is 11.8 Å². The Hall–Kier alpha value is -3.27. The molecule has 1 atom stereocenters. The molecule has 10 heteroatoms. The van der Waals surface area contributed by atoms with Crippen LogP contribution in [0, 0.1) is 17.2 Å². The van der Waals surface area contributed by atoms with Gasteiger partial charge >= 0.3 is 12.1 Å². The number of hydrogen-bond donors (Lipinski definition) is 2.